The second kappa shape index (κ2) is 10.9. The van der Waals surface area contributed by atoms with E-state index in [1.807, 2.05) is 25.3 Å². The fourth-order valence-electron chi connectivity index (χ4n) is 4.70. The number of fused-ring (bicyclic) bond motifs is 1. The summed E-state index contributed by atoms with van der Waals surface area (Å²) in [6.45, 7) is 14.5. The number of nitrogens with zero attached hydrogens (tertiary/aromatic N) is 2. The highest BCUT2D eigenvalue weighted by molar-refractivity contribution is 6.07. The summed E-state index contributed by atoms with van der Waals surface area (Å²) in [7, 11) is 0. The third-order valence-electron chi connectivity index (χ3n) is 6.13. The summed E-state index contributed by atoms with van der Waals surface area (Å²) < 4.78 is 11.5. The molecule has 0 saturated heterocycles. The van der Waals surface area contributed by atoms with E-state index in [4.69, 9.17) is 24.5 Å². The van der Waals surface area contributed by atoms with Crippen LogP contribution in [0.4, 0.5) is 0 Å². The number of aromatic nitrogens is 2. The first-order chi connectivity index (χ1) is 17.6. The van der Waals surface area contributed by atoms with Gasteiger partial charge in [0.2, 0.25) is 0 Å². The van der Waals surface area contributed by atoms with Gasteiger partial charge in [-0.1, -0.05) is 6.58 Å². The van der Waals surface area contributed by atoms with E-state index in [1.54, 1.807) is 20.8 Å². The zero-order chi connectivity index (χ0) is 26.7. The Morgan fingerprint density at radius 2 is 1.92 bits per heavy atom. The van der Waals surface area contributed by atoms with Crippen molar-refractivity contribution >= 4 is 27.6 Å². The molecule has 1 aliphatic rings. The van der Waals surface area contributed by atoms with Crippen LogP contribution in [0.25, 0.3) is 38.7 Å². The fourth-order valence-corrected chi connectivity index (χ4v) is 4.70. The summed E-state index contributed by atoms with van der Waals surface area (Å²) in [5, 5.41) is 20.5. The highest BCUT2D eigenvalue weighted by Gasteiger charge is 2.21. The molecule has 6 heteroatoms. The molecule has 37 heavy (non-hydrogen) atoms. The molecular formula is C31H36N2O4. The van der Waals surface area contributed by atoms with Gasteiger partial charge in [-0.15, -0.1) is 0 Å². The van der Waals surface area contributed by atoms with Gasteiger partial charge in [0.1, 0.15) is 17.2 Å². The van der Waals surface area contributed by atoms with Crippen LogP contribution in [0.1, 0.15) is 50.1 Å². The van der Waals surface area contributed by atoms with Crippen LogP contribution in [0.15, 0.2) is 49.2 Å². The smallest absolute Gasteiger partial charge is 0.137 e. The first-order valence-electron chi connectivity index (χ1n) is 12.7. The number of hydrogen-bond acceptors (Lipinski definition) is 6. The van der Waals surface area contributed by atoms with Crippen molar-refractivity contribution in [1.29, 1.82) is 0 Å². The monoisotopic (exact) mass is 500 g/mol. The Hall–Kier alpha value is -3.48. The maximum Gasteiger partial charge on any atom is 0.137 e. The van der Waals surface area contributed by atoms with E-state index in [1.165, 1.54) is 5.56 Å². The molecule has 2 N–H and O–H groups in total. The van der Waals surface area contributed by atoms with Crippen LogP contribution in [-0.2, 0) is 17.6 Å². The van der Waals surface area contributed by atoms with Gasteiger partial charge in [0, 0.05) is 35.6 Å². The molecule has 2 aromatic carbocycles. The molecule has 0 spiro atoms. The van der Waals surface area contributed by atoms with Gasteiger partial charge in [0.05, 0.1) is 29.8 Å². The van der Waals surface area contributed by atoms with E-state index < -0.39 is 5.60 Å². The molecule has 6 nitrogen and oxygen atoms in total. The number of rotatable bonds is 6. The van der Waals surface area contributed by atoms with Gasteiger partial charge in [0.25, 0.3) is 0 Å². The maximum atomic E-state index is 9.83. The predicted octanol–water partition coefficient (Wildman–Crippen LogP) is 6.01. The van der Waals surface area contributed by atoms with Gasteiger partial charge >= 0.3 is 0 Å². The van der Waals surface area contributed by atoms with Crippen LogP contribution in [0.5, 0.6) is 5.75 Å². The number of ether oxygens (including phenoxy) is 2. The molecule has 3 heterocycles. The van der Waals surface area contributed by atoms with Crippen LogP contribution in [0.2, 0.25) is 0 Å². The molecule has 5 rings (SSSR count). The maximum absolute atomic E-state index is 9.83. The van der Waals surface area contributed by atoms with Crippen LogP contribution < -0.4 is 4.74 Å². The molecule has 194 valence electrons. The second-order valence-corrected chi connectivity index (χ2v) is 10.2. The summed E-state index contributed by atoms with van der Waals surface area (Å²) in [5.41, 5.74) is 7.57. The zero-order valence-electron chi connectivity index (χ0n) is 22.4. The summed E-state index contributed by atoms with van der Waals surface area (Å²) in [4.78, 5) is 9.62. The predicted molar refractivity (Wildman–Crippen MR) is 150 cm³/mol. The Morgan fingerprint density at radius 3 is 2.62 bits per heavy atom. The third-order valence-corrected chi connectivity index (χ3v) is 6.13. The summed E-state index contributed by atoms with van der Waals surface area (Å²) in [6, 6.07) is 12.3. The molecule has 0 amide bonds. The van der Waals surface area contributed by atoms with E-state index in [0.717, 1.165) is 61.9 Å². The van der Waals surface area contributed by atoms with Gasteiger partial charge in [-0.3, -0.25) is 4.98 Å². The number of aliphatic hydroxyl groups is 2. The fraction of sp³-hybridized carbons (Fsp3) is 0.355. The Kier molecular flexibility index (Phi) is 7.81. The van der Waals surface area contributed by atoms with E-state index in [9.17, 15) is 5.11 Å². The Labute approximate surface area is 218 Å². The summed E-state index contributed by atoms with van der Waals surface area (Å²) in [5.74, 6) is 1.45. The lowest BCUT2D eigenvalue weighted by atomic mass is 9.88. The summed E-state index contributed by atoms with van der Waals surface area (Å²) >= 11 is 0. The molecule has 0 saturated carbocycles. The minimum absolute atomic E-state index is 0.0732. The molecule has 1 aliphatic heterocycles. The summed E-state index contributed by atoms with van der Waals surface area (Å²) in [6.07, 6.45) is 3.31. The molecule has 2 aromatic heterocycles. The Bertz CT molecular complexity index is 1440. The standard InChI is InChI=1S/C27H26N2O3.C4H10O/c1-4-31-17(3)22-7-5-20-23(29-22)15-16(2)19(10-13-30)26(20)21-6-8-24-25-18(11-14-32-24)9-12-28-27(21)25;1-4(2,3)5/h5-9,12,15,30H,3-4,10-11,13-14H2,1-2H3;5H,1-3H3. The van der Waals surface area contributed by atoms with Crippen molar-refractivity contribution < 1.29 is 19.7 Å². The van der Waals surface area contributed by atoms with Crippen molar-refractivity contribution in [2.24, 2.45) is 0 Å². The van der Waals surface area contributed by atoms with E-state index in [-0.39, 0.29) is 6.61 Å². The van der Waals surface area contributed by atoms with Gasteiger partial charge in [0.15, 0.2) is 0 Å². The highest BCUT2D eigenvalue weighted by atomic mass is 16.5. The Balaban J connectivity index is 0.000000586. The molecule has 4 aromatic rings. The normalized spacial score (nSPS) is 12.6. The van der Waals surface area contributed by atoms with Gasteiger partial charge < -0.3 is 19.7 Å². The topological polar surface area (TPSA) is 84.7 Å². The molecule has 0 aliphatic carbocycles. The molecule has 0 radical (unpaired) electrons. The number of benzene rings is 2. The van der Waals surface area contributed by atoms with Crippen LogP contribution in [-0.4, -0.2) is 45.6 Å². The Morgan fingerprint density at radius 1 is 1.16 bits per heavy atom. The van der Waals surface area contributed by atoms with Crippen LogP contribution in [0.3, 0.4) is 0 Å². The first-order valence-corrected chi connectivity index (χ1v) is 12.7. The largest absolute Gasteiger partial charge is 0.493 e. The van der Waals surface area contributed by atoms with E-state index in [0.29, 0.717) is 25.4 Å². The third kappa shape index (κ3) is 5.76. The molecular weight excluding hydrogens is 464 g/mol. The lowest BCUT2D eigenvalue weighted by molar-refractivity contribution is 0.102. The van der Waals surface area contributed by atoms with Crippen molar-refractivity contribution in [3.8, 4) is 16.9 Å². The van der Waals surface area contributed by atoms with Crippen molar-refractivity contribution in [3.05, 3.63) is 71.6 Å². The van der Waals surface area contributed by atoms with Crippen LogP contribution in [0, 0.1) is 6.92 Å². The van der Waals surface area contributed by atoms with Crippen molar-refractivity contribution in [1.82, 2.24) is 9.97 Å². The highest BCUT2D eigenvalue weighted by Crippen LogP contribution is 2.42. The average Bonchev–Trinajstić information content (AvgIpc) is 2.84. The molecule has 0 bridgehead atoms. The lowest BCUT2D eigenvalue weighted by Crippen LogP contribution is -2.10. The SMILES string of the molecule is C=C(OCC)c1ccc2c(-c3ccc4c5c(ccnc35)CCO4)c(CCO)c(C)cc2n1.CC(C)(C)O. The lowest BCUT2D eigenvalue weighted by Gasteiger charge is -2.22. The molecule has 0 atom stereocenters. The van der Waals surface area contributed by atoms with Gasteiger partial charge in [-0.05, 0) is 99.7 Å². The minimum Gasteiger partial charge on any atom is -0.493 e. The number of aliphatic hydroxyl groups excluding tert-OH is 1. The molecule has 0 fully saturated rings. The number of pyridine rings is 2. The number of hydrogen-bond donors (Lipinski definition) is 2. The average molecular weight is 501 g/mol. The van der Waals surface area contributed by atoms with Crippen LogP contribution >= 0.6 is 0 Å². The van der Waals surface area contributed by atoms with E-state index >= 15 is 0 Å². The molecule has 0 unspecified atom stereocenters. The van der Waals surface area contributed by atoms with Crippen molar-refractivity contribution in [2.45, 2.75) is 53.1 Å². The zero-order valence-corrected chi connectivity index (χ0v) is 22.4. The van der Waals surface area contributed by atoms with Crippen molar-refractivity contribution in [2.75, 3.05) is 19.8 Å². The van der Waals surface area contributed by atoms with Gasteiger partial charge in [-0.2, -0.15) is 0 Å². The first kappa shape index (κ1) is 26.6. The van der Waals surface area contributed by atoms with Gasteiger partial charge in [-0.25, -0.2) is 4.98 Å². The van der Waals surface area contributed by atoms with E-state index in [2.05, 4.69) is 37.8 Å². The minimum atomic E-state index is -0.500. The number of aryl methyl sites for hydroxylation is 1. The quantitative estimate of drug-likeness (QED) is 0.315. The second-order valence-electron chi connectivity index (χ2n) is 10.2. The van der Waals surface area contributed by atoms with Crippen molar-refractivity contribution in [3.63, 3.8) is 0 Å².